The molecule has 4 aliphatic rings. The highest BCUT2D eigenvalue weighted by Crippen LogP contribution is 2.57. The monoisotopic (exact) mass is 132 g/mol. The summed E-state index contributed by atoms with van der Waals surface area (Å²) in [7, 11) is 0. The maximum atomic E-state index is 1.82. The van der Waals surface area contributed by atoms with Gasteiger partial charge in [-0.05, 0) is 62.2 Å². The highest BCUT2D eigenvalue weighted by Gasteiger charge is 2.42. The normalized spacial score (nSPS) is 36.0. The molecule has 4 saturated carbocycles. The third-order valence-corrected chi connectivity index (χ3v) is 3.00. The predicted molar refractivity (Wildman–Crippen MR) is 40.7 cm³/mol. The van der Waals surface area contributed by atoms with Crippen LogP contribution in [0.25, 0.3) is 0 Å². The van der Waals surface area contributed by atoms with Crippen LogP contribution in [-0.4, -0.2) is 0 Å². The minimum atomic E-state index is 1.40. The van der Waals surface area contributed by atoms with Gasteiger partial charge in [0.15, 0.2) is 0 Å². The molecule has 0 N–H and O–H groups in total. The lowest BCUT2D eigenvalue weighted by Gasteiger charge is -2.48. The first-order valence-corrected chi connectivity index (χ1v) is 4.24. The topological polar surface area (TPSA) is 0 Å². The van der Waals surface area contributed by atoms with E-state index in [1.165, 1.54) is 38.5 Å². The molecule has 0 saturated heterocycles. The summed E-state index contributed by atoms with van der Waals surface area (Å²) in [6.07, 6.45) is 8.38. The van der Waals surface area contributed by atoms with E-state index in [-0.39, 0.29) is 0 Å². The molecule has 0 atom stereocenters. The SMILES string of the molecule is C1[C]2C[C]3C[C]1C[C](C2)C3. The zero-order valence-electron chi connectivity index (χ0n) is 6.24. The smallest absolute Gasteiger partial charge is 0.0224 e. The van der Waals surface area contributed by atoms with Crippen molar-refractivity contribution in [1.29, 1.82) is 0 Å². The van der Waals surface area contributed by atoms with Gasteiger partial charge >= 0.3 is 0 Å². The summed E-state index contributed by atoms with van der Waals surface area (Å²) in [6, 6.07) is 0. The Bertz CT molecular complexity index is 91.6. The van der Waals surface area contributed by atoms with Crippen molar-refractivity contribution in [2.75, 3.05) is 0 Å². The third kappa shape index (κ3) is 0.681. The van der Waals surface area contributed by atoms with Crippen molar-refractivity contribution in [2.45, 2.75) is 38.5 Å². The molecule has 52 valence electrons. The molecular formula is C10H12. The van der Waals surface area contributed by atoms with Crippen molar-refractivity contribution < 1.29 is 0 Å². The maximum absolute atomic E-state index is 1.82. The molecular weight excluding hydrogens is 120 g/mol. The van der Waals surface area contributed by atoms with Crippen LogP contribution < -0.4 is 0 Å². The summed E-state index contributed by atoms with van der Waals surface area (Å²) in [6.45, 7) is 0. The Kier molecular flexibility index (Phi) is 1.00. The second kappa shape index (κ2) is 1.78. The van der Waals surface area contributed by atoms with Gasteiger partial charge in [-0.15, -0.1) is 0 Å². The molecule has 0 amide bonds. The molecule has 0 unspecified atom stereocenters. The fourth-order valence-electron chi connectivity index (χ4n) is 2.87. The van der Waals surface area contributed by atoms with E-state index in [1.54, 1.807) is 0 Å². The van der Waals surface area contributed by atoms with E-state index in [4.69, 9.17) is 0 Å². The lowest BCUT2D eigenvalue weighted by molar-refractivity contribution is 0.397. The highest BCUT2D eigenvalue weighted by atomic mass is 14.5. The zero-order valence-corrected chi connectivity index (χ0v) is 6.24. The van der Waals surface area contributed by atoms with Gasteiger partial charge in [-0.25, -0.2) is 0 Å². The van der Waals surface area contributed by atoms with Gasteiger partial charge in [-0.2, -0.15) is 0 Å². The Labute approximate surface area is 63.0 Å². The summed E-state index contributed by atoms with van der Waals surface area (Å²) < 4.78 is 0. The second-order valence-corrected chi connectivity index (χ2v) is 4.06. The predicted octanol–water partition coefficient (Wildman–Crippen LogP) is 2.67. The summed E-state index contributed by atoms with van der Waals surface area (Å²) in [4.78, 5) is 0. The van der Waals surface area contributed by atoms with Crippen molar-refractivity contribution in [3.63, 3.8) is 0 Å². The molecule has 0 aliphatic heterocycles. The van der Waals surface area contributed by atoms with E-state index in [0.29, 0.717) is 0 Å². The van der Waals surface area contributed by atoms with Crippen LogP contribution in [0.4, 0.5) is 0 Å². The van der Waals surface area contributed by atoms with E-state index >= 15 is 0 Å². The number of hydrogen-bond acceptors (Lipinski definition) is 0. The fourth-order valence-corrected chi connectivity index (χ4v) is 2.87. The van der Waals surface area contributed by atoms with Crippen LogP contribution in [0.5, 0.6) is 0 Å². The van der Waals surface area contributed by atoms with Gasteiger partial charge < -0.3 is 0 Å². The first-order chi connectivity index (χ1) is 4.90. The van der Waals surface area contributed by atoms with Crippen LogP contribution in [-0.2, 0) is 0 Å². The number of rotatable bonds is 0. The Balaban J connectivity index is 1.90. The summed E-state index contributed by atoms with van der Waals surface area (Å²) in [5, 5.41) is 0. The van der Waals surface area contributed by atoms with E-state index in [1.807, 2.05) is 23.7 Å². The van der Waals surface area contributed by atoms with E-state index < -0.39 is 0 Å². The Hall–Kier alpha value is 0. The average molecular weight is 132 g/mol. The van der Waals surface area contributed by atoms with Gasteiger partial charge in [0.05, 0.1) is 0 Å². The van der Waals surface area contributed by atoms with Crippen LogP contribution in [0.1, 0.15) is 38.5 Å². The molecule has 4 bridgehead atoms. The molecule has 4 aliphatic carbocycles. The first-order valence-electron chi connectivity index (χ1n) is 4.24. The van der Waals surface area contributed by atoms with Gasteiger partial charge in [-0.1, -0.05) is 0 Å². The van der Waals surface area contributed by atoms with Crippen LogP contribution in [0.3, 0.4) is 0 Å². The van der Waals surface area contributed by atoms with E-state index in [2.05, 4.69) is 0 Å². The quantitative estimate of drug-likeness (QED) is 0.475. The van der Waals surface area contributed by atoms with Crippen molar-refractivity contribution in [3.05, 3.63) is 23.7 Å². The van der Waals surface area contributed by atoms with Crippen molar-refractivity contribution in [3.8, 4) is 0 Å². The Morgan fingerprint density at radius 3 is 0.800 bits per heavy atom. The van der Waals surface area contributed by atoms with Crippen molar-refractivity contribution in [1.82, 2.24) is 0 Å². The van der Waals surface area contributed by atoms with E-state index in [9.17, 15) is 0 Å². The van der Waals surface area contributed by atoms with Crippen LogP contribution >= 0.6 is 0 Å². The van der Waals surface area contributed by atoms with Crippen molar-refractivity contribution >= 4 is 0 Å². The zero-order chi connectivity index (χ0) is 6.55. The molecule has 10 heavy (non-hydrogen) atoms. The average Bonchev–Trinajstić information content (AvgIpc) is 1.82. The molecule has 0 aromatic rings. The Morgan fingerprint density at radius 1 is 0.400 bits per heavy atom. The van der Waals surface area contributed by atoms with Gasteiger partial charge in [0.1, 0.15) is 0 Å². The largest absolute Gasteiger partial charge is 0.0407 e. The standard InChI is InChI=1S/C10H12/c1-7-2-9-4-8(1)5-10(3-7)6-9/h1-6H2. The highest BCUT2D eigenvalue weighted by molar-refractivity contribution is 5.36. The molecule has 0 nitrogen and oxygen atoms in total. The fraction of sp³-hybridized carbons (Fsp3) is 0.600. The first kappa shape index (κ1) is 5.62. The molecule has 0 spiro atoms. The van der Waals surface area contributed by atoms with Gasteiger partial charge in [0.2, 0.25) is 0 Å². The Morgan fingerprint density at radius 2 is 0.600 bits per heavy atom. The molecule has 0 aromatic carbocycles. The van der Waals surface area contributed by atoms with Gasteiger partial charge in [0.25, 0.3) is 0 Å². The summed E-state index contributed by atoms with van der Waals surface area (Å²) in [5.74, 6) is 7.29. The summed E-state index contributed by atoms with van der Waals surface area (Å²) in [5.41, 5.74) is 0. The second-order valence-electron chi connectivity index (χ2n) is 4.06. The molecule has 4 fully saturated rings. The molecule has 0 aromatic heterocycles. The lowest BCUT2D eigenvalue weighted by Crippen LogP contribution is -2.34. The summed E-state index contributed by atoms with van der Waals surface area (Å²) >= 11 is 0. The maximum Gasteiger partial charge on any atom is -0.0224 e. The molecule has 0 heteroatoms. The van der Waals surface area contributed by atoms with Gasteiger partial charge in [-0.3, -0.25) is 0 Å². The van der Waals surface area contributed by atoms with Crippen LogP contribution in [0.2, 0.25) is 0 Å². The van der Waals surface area contributed by atoms with Gasteiger partial charge in [0, 0.05) is 0 Å². The lowest BCUT2D eigenvalue weighted by atomic mass is 9.56. The minimum Gasteiger partial charge on any atom is -0.0407 e. The molecule has 0 heterocycles. The molecule has 4 radical (unpaired) electrons. The van der Waals surface area contributed by atoms with Crippen LogP contribution in [0, 0.1) is 23.7 Å². The van der Waals surface area contributed by atoms with Crippen molar-refractivity contribution in [2.24, 2.45) is 0 Å². The third-order valence-electron chi connectivity index (χ3n) is 3.00. The van der Waals surface area contributed by atoms with E-state index in [0.717, 1.165) is 0 Å². The van der Waals surface area contributed by atoms with Crippen LogP contribution in [0.15, 0.2) is 0 Å². The molecule has 4 rings (SSSR count). The number of hydrogen-bond donors (Lipinski definition) is 0. The minimum absolute atomic E-state index is 1.40.